The number of aliphatic hydroxyl groups excluding tert-OH is 1. The third kappa shape index (κ3) is 1.65. The van der Waals surface area contributed by atoms with Crippen molar-refractivity contribution in [1.82, 2.24) is 0 Å². The molecule has 12 heavy (non-hydrogen) atoms. The molecule has 1 aromatic rings. The molecule has 1 rings (SSSR count). The Labute approximate surface area is 69.8 Å². The maximum atomic E-state index is 10.9. The Balaban J connectivity index is 2.84. The van der Waals surface area contributed by atoms with E-state index in [0.29, 0.717) is 5.76 Å². The lowest BCUT2D eigenvalue weighted by molar-refractivity contribution is 0.0556. The van der Waals surface area contributed by atoms with Crippen LogP contribution in [-0.4, -0.2) is 18.2 Å². The van der Waals surface area contributed by atoms with Crippen molar-refractivity contribution in [2.45, 2.75) is 13.0 Å². The fourth-order valence-electron chi connectivity index (χ4n) is 0.788. The highest BCUT2D eigenvalue weighted by atomic mass is 16.5. The smallest absolute Gasteiger partial charge is 0.373 e. The van der Waals surface area contributed by atoms with Gasteiger partial charge in [-0.2, -0.15) is 0 Å². The number of esters is 1. The van der Waals surface area contributed by atoms with E-state index >= 15 is 0 Å². The molecule has 0 aliphatic carbocycles. The number of hydrogen-bond donors (Lipinski definition) is 1. The zero-order chi connectivity index (χ0) is 9.14. The molecule has 0 amide bonds. The van der Waals surface area contributed by atoms with E-state index in [9.17, 15) is 4.79 Å². The first kappa shape index (κ1) is 8.80. The molecule has 0 bridgehead atoms. The largest absolute Gasteiger partial charge is 0.463 e. The molecule has 0 saturated heterocycles. The fraction of sp³-hybridized carbons (Fsp3) is 0.375. The van der Waals surface area contributed by atoms with Gasteiger partial charge in [0.1, 0.15) is 11.9 Å². The lowest BCUT2D eigenvalue weighted by atomic mass is 10.3. The molecular formula is C8H10O4. The molecule has 1 N–H and O–H groups in total. The summed E-state index contributed by atoms with van der Waals surface area (Å²) in [5, 5.41) is 9.05. The highest BCUT2D eigenvalue weighted by molar-refractivity contribution is 5.86. The summed E-state index contributed by atoms with van der Waals surface area (Å²) < 4.78 is 9.39. The second-order valence-corrected chi connectivity index (χ2v) is 2.37. The van der Waals surface area contributed by atoms with Gasteiger partial charge in [0, 0.05) is 0 Å². The summed E-state index contributed by atoms with van der Waals surface area (Å²) in [5.41, 5.74) is 0. The molecule has 4 nitrogen and oxygen atoms in total. The van der Waals surface area contributed by atoms with Crippen LogP contribution in [0.3, 0.4) is 0 Å². The maximum Gasteiger partial charge on any atom is 0.373 e. The predicted molar refractivity (Wildman–Crippen MR) is 40.7 cm³/mol. The molecule has 0 radical (unpaired) electrons. The molecule has 0 spiro atoms. The van der Waals surface area contributed by atoms with Gasteiger partial charge in [-0.05, 0) is 19.1 Å². The summed E-state index contributed by atoms with van der Waals surface area (Å²) >= 11 is 0. The lowest BCUT2D eigenvalue weighted by Crippen LogP contribution is -1.98. The van der Waals surface area contributed by atoms with Crippen LogP contribution in [-0.2, 0) is 4.74 Å². The van der Waals surface area contributed by atoms with E-state index in [1.165, 1.54) is 19.2 Å². The zero-order valence-electron chi connectivity index (χ0n) is 6.90. The van der Waals surface area contributed by atoms with Crippen molar-refractivity contribution in [3.8, 4) is 0 Å². The van der Waals surface area contributed by atoms with Gasteiger partial charge in [0.2, 0.25) is 5.76 Å². The molecule has 0 aliphatic heterocycles. The normalized spacial score (nSPS) is 12.6. The maximum absolute atomic E-state index is 10.9. The van der Waals surface area contributed by atoms with Crippen molar-refractivity contribution in [2.24, 2.45) is 0 Å². The summed E-state index contributed by atoms with van der Waals surface area (Å²) in [5.74, 6) is -0.0781. The van der Waals surface area contributed by atoms with Gasteiger partial charge < -0.3 is 14.3 Å². The van der Waals surface area contributed by atoms with E-state index in [2.05, 4.69) is 4.74 Å². The lowest BCUT2D eigenvalue weighted by Gasteiger charge is -1.97. The molecule has 0 aromatic carbocycles. The number of carbonyl (C=O) groups is 1. The Kier molecular flexibility index (Phi) is 2.50. The number of carbonyl (C=O) groups excluding carboxylic acids is 1. The van der Waals surface area contributed by atoms with Crippen LogP contribution in [0.5, 0.6) is 0 Å². The average Bonchev–Trinajstić information content (AvgIpc) is 2.51. The highest BCUT2D eigenvalue weighted by Gasteiger charge is 2.12. The summed E-state index contributed by atoms with van der Waals surface area (Å²) in [6.45, 7) is 1.56. The molecule has 0 fully saturated rings. The SMILES string of the molecule is COC(=O)c1ccc(C(C)O)o1. The first-order valence-corrected chi connectivity index (χ1v) is 3.51. The third-order valence-electron chi connectivity index (χ3n) is 1.43. The molecule has 1 heterocycles. The minimum absolute atomic E-state index is 0.105. The van der Waals surface area contributed by atoms with Crippen molar-refractivity contribution in [3.05, 3.63) is 23.7 Å². The van der Waals surface area contributed by atoms with Gasteiger partial charge in [0.25, 0.3) is 0 Å². The molecular weight excluding hydrogens is 160 g/mol. The Morgan fingerprint density at radius 3 is 2.75 bits per heavy atom. The van der Waals surface area contributed by atoms with Crippen LogP contribution in [0.4, 0.5) is 0 Å². The first-order valence-electron chi connectivity index (χ1n) is 3.51. The van der Waals surface area contributed by atoms with E-state index < -0.39 is 12.1 Å². The molecule has 0 saturated carbocycles. The molecule has 0 aliphatic rings. The topological polar surface area (TPSA) is 59.7 Å². The van der Waals surface area contributed by atoms with E-state index in [1.807, 2.05) is 0 Å². The first-order chi connectivity index (χ1) is 5.65. The summed E-state index contributed by atoms with van der Waals surface area (Å²) in [4.78, 5) is 10.9. The Morgan fingerprint density at radius 1 is 1.67 bits per heavy atom. The van der Waals surface area contributed by atoms with Gasteiger partial charge in [-0.1, -0.05) is 0 Å². The molecule has 1 unspecified atom stereocenters. The van der Waals surface area contributed by atoms with Crippen LogP contribution < -0.4 is 0 Å². The predicted octanol–water partition coefficient (Wildman–Crippen LogP) is 1.12. The second kappa shape index (κ2) is 3.40. The van der Waals surface area contributed by atoms with Crippen LogP contribution >= 0.6 is 0 Å². The standard InChI is InChI=1S/C8H10O4/c1-5(9)6-3-4-7(12-6)8(10)11-2/h3-5,9H,1-2H3. The third-order valence-corrected chi connectivity index (χ3v) is 1.43. The van der Waals surface area contributed by atoms with Gasteiger partial charge in [0.15, 0.2) is 0 Å². The van der Waals surface area contributed by atoms with E-state index in [1.54, 1.807) is 6.92 Å². The van der Waals surface area contributed by atoms with Crippen LogP contribution in [0.25, 0.3) is 0 Å². The van der Waals surface area contributed by atoms with Crippen LogP contribution in [0.15, 0.2) is 16.5 Å². The number of aliphatic hydroxyl groups is 1. The average molecular weight is 170 g/mol. The number of rotatable bonds is 2. The monoisotopic (exact) mass is 170 g/mol. The van der Waals surface area contributed by atoms with E-state index in [-0.39, 0.29) is 5.76 Å². The summed E-state index contributed by atoms with van der Waals surface area (Å²) in [6.07, 6.45) is -0.705. The van der Waals surface area contributed by atoms with E-state index in [4.69, 9.17) is 9.52 Å². The fourth-order valence-corrected chi connectivity index (χ4v) is 0.788. The second-order valence-electron chi connectivity index (χ2n) is 2.37. The van der Waals surface area contributed by atoms with Gasteiger partial charge in [0.05, 0.1) is 7.11 Å². The van der Waals surface area contributed by atoms with Crippen molar-refractivity contribution in [2.75, 3.05) is 7.11 Å². The number of ether oxygens (including phenoxy) is 1. The van der Waals surface area contributed by atoms with Gasteiger partial charge in [-0.25, -0.2) is 4.79 Å². The highest BCUT2D eigenvalue weighted by Crippen LogP contribution is 2.15. The quantitative estimate of drug-likeness (QED) is 0.675. The number of hydrogen-bond acceptors (Lipinski definition) is 4. The molecule has 66 valence electrons. The molecule has 1 aromatic heterocycles. The number of methoxy groups -OCH3 is 1. The summed E-state index contributed by atoms with van der Waals surface area (Å²) in [6, 6.07) is 3.00. The van der Waals surface area contributed by atoms with Gasteiger partial charge >= 0.3 is 5.97 Å². The molecule has 4 heteroatoms. The van der Waals surface area contributed by atoms with Gasteiger partial charge in [-0.3, -0.25) is 0 Å². The van der Waals surface area contributed by atoms with Gasteiger partial charge in [-0.15, -0.1) is 0 Å². The Bertz CT molecular complexity index is 274. The van der Waals surface area contributed by atoms with Crippen molar-refractivity contribution >= 4 is 5.97 Å². The Morgan fingerprint density at radius 2 is 2.33 bits per heavy atom. The van der Waals surface area contributed by atoms with Crippen molar-refractivity contribution in [1.29, 1.82) is 0 Å². The van der Waals surface area contributed by atoms with Crippen LogP contribution in [0.1, 0.15) is 29.3 Å². The van der Waals surface area contributed by atoms with Crippen molar-refractivity contribution in [3.63, 3.8) is 0 Å². The minimum Gasteiger partial charge on any atom is -0.463 e. The zero-order valence-corrected chi connectivity index (χ0v) is 6.90. The number of furan rings is 1. The summed E-state index contributed by atoms with van der Waals surface area (Å²) in [7, 11) is 1.27. The van der Waals surface area contributed by atoms with E-state index in [0.717, 1.165) is 0 Å². The molecule has 1 atom stereocenters. The minimum atomic E-state index is -0.705. The van der Waals surface area contributed by atoms with Crippen LogP contribution in [0.2, 0.25) is 0 Å². The van der Waals surface area contributed by atoms with Crippen LogP contribution in [0, 0.1) is 0 Å². The van der Waals surface area contributed by atoms with Crippen molar-refractivity contribution < 1.29 is 19.1 Å². The Hall–Kier alpha value is -1.29.